The molecule has 2 aromatic heterocycles. The summed E-state index contributed by atoms with van der Waals surface area (Å²) in [6.07, 6.45) is 3.00. The third-order valence-corrected chi connectivity index (χ3v) is 3.73. The zero-order valence-corrected chi connectivity index (χ0v) is 14.0. The molecule has 9 heteroatoms. The van der Waals surface area contributed by atoms with Gasteiger partial charge in [0.25, 0.3) is 11.3 Å². The molecule has 0 fully saturated rings. The summed E-state index contributed by atoms with van der Waals surface area (Å²) in [7, 11) is 0. The molecule has 25 heavy (non-hydrogen) atoms. The van der Waals surface area contributed by atoms with Crippen LogP contribution in [0.2, 0.25) is 0 Å². The molecule has 1 aliphatic heterocycles. The van der Waals surface area contributed by atoms with Crippen molar-refractivity contribution < 1.29 is 9.47 Å². The number of aromatic nitrogens is 5. The van der Waals surface area contributed by atoms with Crippen LogP contribution in [-0.2, 0) is 5.41 Å². The molecule has 0 N–H and O–H groups in total. The van der Waals surface area contributed by atoms with Crippen molar-refractivity contribution in [3.8, 4) is 11.5 Å². The maximum absolute atomic E-state index is 12.8. The van der Waals surface area contributed by atoms with Crippen molar-refractivity contribution in [3.63, 3.8) is 0 Å². The Morgan fingerprint density at radius 2 is 2.04 bits per heavy atom. The third kappa shape index (κ3) is 2.63. The molecule has 0 radical (unpaired) electrons. The Labute approximate surface area is 142 Å². The molecule has 0 aliphatic carbocycles. The van der Waals surface area contributed by atoms with Crippen molar-refractivity contribution in [3.05, 3.63) is 46.1 Å². The second kappa shape index (κ2) is 5.40. The van der Waals surface area contributed by atoms with Crippen molar-refractivity contribution >= 4 is 12.0 Å². The van der Waals surface area contributed by atoms with Crippen molar-refractivity contribution in [1.29, 1.82) is 0 Å². The average molecular weight is 340 g/mol. The summed E-state index contributed by atoms with van der Waals surface area (Å²) in [5.41, 5.74) is 0.376. The zero-order valence-electron chi connectivity index (χ0n) is 14.0. The van der Waals surface area contributed by atoms with Crippen LogP contribution in [0, 0.1) is 0 Å². The van der Waals surface area contributed by atoms with Crippen LogP contribution in [0.5, 0.6) is 11.5 Å². The minimum absolute atomic E-state index is 0.203. The molecule has 3 heterocycles. The molecule has 0 unspecified atom stereocenters. The number of rotatable bonds is 2. The molecule has 9 nitrogen and oxygen atoms in total. The van der Waals surface area contributed by atoms with E-state index in [9.17, 15) is 4.79 Å². The highest BCUT2D eigenvalue weighted by atomic mass is 16.7. The Kier molecular flexibility index (Phi) is 3.31. The van der Waals surface area contributed by atoms with Gasteiger partial charge in [-0.05, 0) is 23.8 Å². The molecular weight excluding hydrogens is 324 g/mol. The van der Waals surface area contributed by atoms with Crippen LogP contribution < -0.4 is 15.0 Å². The van der Waals surface area contributed by atoms with Crippen LogP contribution in [0.25, 0.3) is 5.78 Å². The summed E-state index contributed by atoms with van der Waals surface area (Å²) in [6.45, 7) is 5.95. The highest BCUT2D eigenvalue weighted by Gasteiger charge is 2.23. The Hall–Kier alpha value is -3.23. The molecule has 1 aliphatic rings. The number of hydrogen-bond donors (Lipinski definition) is 0. The maximum Gasteiger partial charge on any atom is 0.298 e. The Morgan fingerprint density at radius 1 is 1.24 bits per heavy atom. The minimum Gasteiger partial charge on any atom is -0.454 e. The molecule has 0 atom stereocenters. The van der Waals surface area contributed by atoms with Crippen molar-refractivity contribution in [1.82, 2.24) is 24.5 Å². The van der Waals surface area contributed by atoms with E-state index < -0.39 is 5.41 Å². The van der Waals surface area contributed by atoms with E-state index in [1.54, 1.807) is 18.3 Å². The highest BCUT2D eigenvalue weighted by molar-refractivity contribution is 5.81. The predicted octanol–water partition coefficient (Wildman–Crippen LogP) is 1.19. The van der Waals surface area contributed by atoms with Crippen molar-refractivity contribution in [2.45, 2.75) is 26.2 Å². The van der Waals surface area contributed by atoms with Gasteiger partial charge in [-0.25, -0.2) is 0 Å². The lowest BCUT2D eigenvalue weighted by Crippen LogP contribution is -2.33. The molecule has 1 aromatic carbocycles. The Balaban J connectivity index is 1.82. The summed E-state index contributed by atoms with van der Waals surface area (Å²) in [4.78, 5) is 12.8. The van der Waals surface area contributed by atoms with Gasteiger partial charge in [0, 0.05) is 5.41 Å². The fraction of sp³-hybridized carbons (Fsp3) is 0.312. The van der Waals surface area contributed by atoms with Gasteiger partial charge in [0.05, 0.1) is 6.21 Å². The van der Waals surface area contributed by atoms with Gasteiger partial charge in [-0.3, -0.25) is 4.79 Å². The summed E-state index contributed by atoms with van der Waals surface area (Å²) in [6, 6.07) is 5.42. The van der Waals surface area contributed by atoms with Crippen LogP contribution in [0.4, 0.5) is 0 Å². The van der Waals surface area contributed by atoms with E-state index in [1.165, 1.54) is 15.5 Å². The van der Waals surface area contributed by atoms with E-state index in [4.69, 9.17) is 9.47 Å². The third-order valence-electron chi connectivity index (χ3n) is 3.73. The number of fused-ring (bicyclic) bond motifs is 2. The van der Waals surface area contributed by atoms with Crippen LogP contribution in [-0.4, -0.2) is 37.5 Å². The smallest absolute Gasteiger partial charge is 0.298 e. The van der Waals surface area contributed by atoms with Gasteiger partial charge in [0.1, 0.15) is 12.0 Å². The number of benzene rings is 1. The van der Waals surface area contributed by atoms with Gasteiger partial charge in [-0.2, -0.15) is 19.4 Å². The molecule has 3 aromatic rings. The molecule has 128 valence electrons. The van der Waals surface area contributed by atoms with E-state index in [0.29, 0.717) is 17.2 Å². The molecule has 4 rings (SSSR count). The first-order valence-electron chi connectivity index (χ1n) is 7.71. The van der Waals surface area contributed by atoms with E-state index in [-0.39, 0.29) is 18.1 Å². The molecule has 0 bridgehead atoms. The van der Waals surface area contributed by atoms with Crippen molar-refractivity contribution in [2.75, 3.05) is 6.79 Å². The normalized spacial score (nSPS) is 13.9. The lowest BCUT2D eigenvalue weighted by Gasteiger charge is -2.16. The number of ether oxygens (including phenoxy) is 2. The average Bonchev–Trinajstić information content (AvgIpc) is 3.20. The lowest BCUT2D eigenvalue weighted by molar-refractivity contribution is 0.174. The second-order valence-electron chi connectivity index (χ2n) is 6.65. The van der Waals surface area contributed by atoms with Crippen LogP contribution >= 0.6 is 0 Å². The second-order valence-corrected chi connectivity index (χ2v) is 6.65. The summed E-state index contributed by atoms with van der Waals surface area (Å²) >= 11 is 0. The molecule has 0 saturated carbocycles. The van der Waals surface area contributed by atoms with Gasteiger partial charge in [0.2, 0.25) is 6.79 Å². The topological polar surface area (TPSA) is 95.9 Å². The zero-order chi connectivity index (χ0) is 17.6. The van der Waals surface area contributed by atoms with Gasteiger partial charge in [-0.1, -0.05) is 20.8 Å². The summed E-state index contributed by atoms with van der Waals surface area (Å²) in [5, 5.41) is 16.3. The summed E-state index contributed by atoms with van der Waals surface area (Å²) < 4.78 is 13.3. The monoisotopic (exact) mass is 340 g/mol. The predicted molar refractivity (Wildman–Crippen MR) is 89.3 cm³/mol. The van der Waals surface area contributed by atoms with E-state index in [1.807, 2.05) is 26.8 Å². The summed E-state index contributed by atoms with van der Waals surface area (Å²) in [5.74, 6) is 1.58. The van der Waals surface area contributed by atoms with E-state index >= 15 is 0 Å². The fourth-order valence-corrected chi connectivity index (χ4v) is 2.47. The van der Waals surface area contributed by atoms with E-state index in [0.717, 1.165) is 5.56 Å². The minimum atomic E-state index is -0.439. The first kappa shape index (κ1) is 15.3. The molecular formula is C16H16N6O3. The van der Waals surface area contributed by atoms with Crippen LogP contribution in [0.1, 0.15) is 32.0 Å². The highest BCUT2D eigenvalue weighted by Crippen LogP contribution is 2.32. The largest absolute Gasteiger partial charge is 0.454 e. The first-order chi connectivity index (χ1) is 11.9. The quantitative estimate of drug-likeness (QED) is 0.650. The standard InChI is InChI=1S/C16H16N6O3/c1-16(2,3)13-14(23)22(15-19-17-8-21(15)20-13)18-7-10-4-5-11-12(6-10)25-9-24-11/h4-8H,9H2,1-3H3/b18-7+. The Morgan fingerprint density at radius 3 is 2.84 bits per heavy atom. The molecule has 0 amide bonds. The fourth-order valence-electron chi connectivity index (χ4n) is 2.47. The maximum atomic E-state index is 12.8. The van der Waals surface area contributed by atoms with Gasteiger partial charge < -0.3 is 9.47 Å². The number of nitrogens with zero attached hydrogens (tertiary/aromatic N) is 6. The van der Waals surface area contributed by atoms with Crippen LogP contribution in [0.3, 0.4) is 0 Å². The molecule has 0 spiro atoms. The molecule has 0 saturated heterocycles. The van der Waals surface area contributed by atoms with Gasteiger partial charge >= 0.3 is 0 Å². The SMILES string of the molecule is CC(C)(C)c1nn2cnnc2n(/N=C/c2ccc3c(c2)OCO3)c1=O. The van der Waals surface area contributed by atoms with Crippen LogP contribution in [0.15, 0.2) is 34.4 Å². The lowest BCUT2D eigenvalue weighted by atomic mass is 9.93. The number of hydrogen-bond acceptors (Lipinski definition) is 7. The van der Waals surface area contributed by atoms with Crippen molar-refractivity contribution in [2.24, 2.45) is 5.10 Å². The first-order valence-corrected chi connectivity index (χ1v) is 7.71. The van der Waals surface area contributed by atoms with Gasteiger partial charge in [0.15, 0.2) is 11.5 Å². The van der Waals surface area contributed by atoms with E-state index in [2.05, 4.69) is 20.4 Å². The van der Waals surface area contributed by atoms with Gasteiger partial charge in [-0.15, -0.1) is 10.2 Å². The Bertz CT molecular complexity index is 1040.